The third kappa shape index (κ3) is 4.87. The van der Waals surface area contributed by atoms with E-state index >= 15 is 0 Å². The lowest BCUT2D eigenvalue weighted by atomic mass is 10.1. The van der Waals surface area contributed by atoms with Crippen molar-refractivity contribution in [2.24, 2.45) is 10.9 Å². The summed E-state index contributed by atoms with van der Waals surface area (Å²) in [5.74, 6) is -2.01. The number of para-hydroxylation sites is 1. The summed E-state index contributed by atoms with van der Waals surface area (Å²) in [5, 5.41) is 5.92. The summed E-state index contributed by atoms with van der Waals surface area (Å²) in [5.41, 5.74) is 3.09. The number of nitrogens with one attached hydrogen (secondary N) is 2. The Bertz CT molecular complexity index is 1150. The fraction of sp³-hybridized carbons (Fsp3) is 0.0435. The summed E-state index contributed by atoms with van der Waals surface area (Å²) in [7, 11) is 0. The number of carbonyl (C=O) groups excluding carboxylic acids is 2. The molecule has 2 N–H and O–H groups in total. The molecule has 0 saturated carbocycles. The molecule has 0 spiro atoms. The minimum atomic E-state index is -1.07. The average molecular weight is 493 g/mol. The summed E-state index contributed by atoms with van der Waals surface area (Å²) in [6.07, 6.45) is 1.35. The number of halogens is 1. The normalized spacial score (nSPS) is 16.5. The number of hydrogen-bond acceptors (Lipinski definition) is 5. The van der Waals surface area contributed by atoms with Gasteiger partial charge in [-0.2, -0.15) is 0 Å². The fourth-order valence-electron chi connectivity index (χ4n) is 3.04. The minimum Gasteiger partial charge on any atom is -0.356 e. The van der Waals surface area contributed by atoms with E-state index in [0.29, 0.717) is 11.4 Å². The minimum absolute atomic E-state index is 0.0540. The van der Waals surface area contributed by atoms with E-state index in [0.717, 1.165) is 15.8 Å². The Morgan fingerprint density at radius 2 is 1.58 bits per heavy atom. The summed E-state index contributed by atoms with van der Waals surface area (Å²) in [4.78, 5) is 31.0. The second-order valence-electron chi connectivity index (χ2n) is 6.74. The Labute approximate surface area is 193 Å². The van der Waals surface area contributed by atoms with Gasteiger partial charge >= 0.3 is 0 Å². The Morgan fingerprint density at radius 3 is 2.26 bits per heavy atom. The number of anilines is 3. The highest BCUT2D eigenvalue weighted by Crippen LogP contribution is 2.24. The lowest BCUT2D eigenvalue weighted by Gasteiger charge is -2.30. The molecule has 1 aliphatic heterocycles. The van der Waals surface area contributed by atoms with Gasteiger partial charge in [-0.05, 0) is 72.9 Å². The predicted molar refractivity (Wildman–Crippen MR) is 130 cm³/mol. The van der Waals surface area contributed by atoms with Gasteiger partial charge in [0.1, 0.15) is 0 Å². The zero-order chi connectivity index (χ0) is 21.8. The first-order chi connectivity index (χ1) is 15.0. The van der Waals surface area contributed by atoms with Crippen LogP contribution in [0.2, 0.25) is 0 Å². The number of rotatable bonds is 5. The summed E-state index contributed by atoms with van der Waals surface area (Å²) in [6.45, 7) is 0. The summed E-state index contributed by atoms with van der Waals surface area (Å²) >= 11 is 8.57. The van der Waals surface area contributed by atoms with Gasteiger partial charge in [0, 0.05) is 22.1 Å². The molecule has 4 rings (SSSR count). The van der Waals surface area contributed by atoms with E-state index in [9.17, 15) is 9.59 Å². The van der Waals surface area contributed by atoms with Crippen LogP contribution in [0.1, 0.15) is 0 Å². The van der Waals surface area contributed by atoms with E-state index in [-0.39, 0.29) is 5.11 Å². The molecule has 2 amide bonds. The molecule has 0 unspecified atom stereocenters. The lowest BCUT2D eigenvalue weighted by molar-refractivity contribution is -0.130. The van der Waals surface area contributed by atoms with Crippen molar-refractivity contribution in [3.05, 3.63) is 83.3 Å². The maximum atomic E-state index is 13.0. The SMILES string of the molecule is O=C1NC(=S)N(c2ccc(Br)cc2)C(=O)[C@@H]1C=Nc1ccc(Nc2ccccc2)cc1. The molecule has 0 bridgehead atoms. The van der Waals surface area contributed by atoms with Crippen molar-refractivity contribution in [1.82, 2.24) is 5.32 Å². The summed E-state index contributed by atoms with van der Waals surface area (Å²) < 4.78 is 0.874. The predicted octanol–water partition coefficient (Wildman–Crippen LogP) is 4.96. The van der Waals surface area contributed by atoms with Gasteiger partial charge < -0.3 is 10.6 Å². The van der Waals surface area contributed by atoms with Crippen LogP contribution in [0.25, 0.3) is 0 Å². The molecule has 3 aromatic rings. The Balaban J connectivity index is 1.49. The fourth-order valence-corrected chi connectivity index (χ4v) is 3.60. The van der Waals surface area contributed by atoms with Crippen LogP contribution in [0.4, 0.5) is 22.7 Å². The highest BCUT2D eigenvalue weighted by atomic mass is 79.9. The van der Waals surface area contributed by atoms with Crippen LogP contribution >= 0.6 is 28.1 Å². The van der Waals surface area contributed by atoms with Crippen molar-refractivity contribution in [1.29, 1.82) is 0 Å². The highest BCUT2D eigenvalue weighted by Gasteiger charge is 2.38. The molecule has 0 radical (unpaired) electrons. The number of nitrogens with zero attached hydrogens (tertiary/aromatic N) is 2. The number of thiocarbonyl (C=S) groups is 1. The van der Waals surface area contributed by atoms with Crippen molar-refractivity contribution >= 4 is 74.0 Å². The van der Waals surface area contributed by atoms with Gasteiger partial charge in [-0.15, -0.1) is 0 Å². The van der Waals surface area contributed by atoms with E-state index in [4.69, 9.17) is 12.2 Å². The number of benzene rings is 3. The molecular weight excluding hydrogens is 476 g/mol. The number of carbonyl (C=O) groups is 2. The maximum Gasteiger partial charge on any atom is 0.251 e. The van der Waals surface area contributed by atoms with Crippen molar-refractivity contribution < 1.29 is 9.59 Å². The molecule has 1 heterocycles. The van der Waals surface area contributed by atoms with Gasteiger partial charge in [-0.3, -0.25) is 19.5 Å². The van der Waals surface area contributed by atoms with Crippen LogP contribution in [0.15, 0.2) is 88.3 Å². The highest BCUT2D eigenvalue weighted by molar-refractivity contribution is 9.10. The van der Waals surface area contributed by atoms with E-state index in [2.05, 4.69) is 31.6 Å². The quantitative estimate of drug-likeness (QED) is 0.300. The summed E-state index contributed by atoms with van der Waals surface area (Å²) in [6, 6.07) is 24.3. The van der Waals surface area contributed by atoms with E-state index < -0.39 is 17.7 Å². The van der Waals surface area contributed by atoms with E-state index in [1.165, 1.54) is 11.1 Å². The van der Waals surface area contributed by atoms with Crippen LogP contribution < -0.4 is 15.5 Å². The van der Waals surface area contributed by atoms with Crippen LogP contribution in [0.3, 0.4) is 0 Å². The number of aliphatic imine (C=N–C) groups is 1. The molecule has 0 aliphatic carbocycles. The Kier molecular flexibility index (Phi) is 6.20. The van der Waals surface area contributed by atoms with Crippen molar-refractivity contribution in [2.45, 2.75) is 0 Å². The van der Waals surface area contributed by atoms with Gasteiger partial charge in [-0.25, -0.2) is 0 Å². The molecule has 1 saturated heterocycles. The van der Waals surface area contributed by atoms with E-state index in [1.54, 1.807) is 24.3 Å². The van der Waals surface area contributed by atoms with Gasteiger partial charge in [0.15, 0.2) is 11.0 Å². The third-order valence-electron chi connectivity index (χ3n) is 4.59. The molecule has 0 aromatic heterocycles. The molecule has 154 valence electrons. The molecule has 8 heteroatoms. The Hall–Kier alpha value is -3.36. The first-order valence-electron chi connectivity index (χ1n) is 9.42. The molecule has 1 atom stereocenters. The van der Waals surface area contributed by atoms with Gasteiger partial charge in [0.25, 0.3) is 5.91 Å². The number of hydrogen-bond donors (Lipinski definition) is 2. The zero-order valence-corrected chi connectivity index (χ0v) is 18.6. The van der Waals surface area contributed by atoms with Crippen molar-refractivity contribution in [3.8, 4) is 0 Å². The van der Waals surface area contributed by atoms with Gasteiger partial charge in [0.2, 0.25) is 5.91 Å². The molecule has 3 aromatic carbocycles. The smallest absolute Gasteiger partial charge is 0.251 e. The number of amides is 2. The van der Waals surface area contributed by atoms with Crippen LogP contribution in [0.5, 0.6) is 0 Å². The Morgan fingerprint density at radius 1 is 0.935 bits per heavy atom. The zero-order valence-electron chi connectivity index (χ0n) is 16.2. The first-order valence-corrected chi connectivity index (χ1v) is 10.6. The molecule has 1 fully saturated rings. The van der Waals surface area contributed by atoms with Crippen molar-refractivity contribution in [3.63, 3.8) is 0 Å². The topological polar surface area (TPSA) is 73.8 Å². The monoisotopic (exact) mass is 492 g/mol. The second kappa shape index (κ2) is 9.20. The third-order valence-corrected chi connectivity index (χ3v) is 5.40. The van der Waals surface area contributed by atoms with Gasteiger partial charge in [0.05, 0.1) is 11.4 Å². The average Bonchev–Trinajstić information content (AvgIpc) is 2.76. The largest absolute Gasteiger partial charge is 0.356 e. The van der Waals surface area contributed by atoms with Gasteiger partial charge in [-0.1, -0.05) is 34.1 Å². The van der Waals surface area contributed by atoms with Crippen LogP contribution in [-0.4, -0.2) is 23.1 Å². The van der Waals surface area contributed by atoms with Crippen LogP contribution in [-0.2, 0) is 9.59 Å². The maximum absolute atomic E-state index is 13.0. The second-order valence-corrected chi connectivity index (χ2v) is 8.04. The molecule has 6 nitrogen and oxygen atoms in total. The van der Waals surface area contributed by atoms with Crippen molar-refractivity contribution in [2.75, 3.05) is 10.2 Å². The first kappa shape index (κ1) is 20.9. The molecule has 1 aliphatic rings. The standard InChI is InChI=1S/C23H17BrN4O2S/c24-15-6-12-19(13-7-15)28-22(30)20(21(29)27-23(28)31)14-25-16-8-10-18(11-9-16)26-17-4-2-1-3-5-17/h1-14,20,26H,(H,27,29,31)/t20-/m1/s1. The lowest BCUT2D eigenvalue weighted by Crippen LogP contribution is -2.58. The van der Waals surface area contributed by atoms with Crippen LogP contribution in [0, 0.1) is 5.92 Å². The van der Waals surface area contributed by atoms with E-state index in [1.807, 2.05) is 54.6 Å². The molecule has 31 heavy (non-hydrogen) atoms. The molecular formula is C23H17BrN4O2S.